The Morgan fingerprint density at radius 2 is 0.738 bits per heavy atom. The molecule has 6 heteroatoms. The van der Waals surface area contributed by atoms with Crippen molar-refractivity contribution >= 4 is 34.2 Å². The van der Waals surface area contributed by atoms with Crippen LogP contribution in [-0.2, 0) is 0 Å². The van der Waals surface area contributed by atoms with E-state index >= 15 is 0 Å². The summed E-state index contributed by atoms with van der Waals surface area (Å²) in [5, 5.41) is 0. The van der Waals surface area contributed by atoms with Gasteiger partial charge in [-0.15, -0.1) is 0 Å². The summed E-state index contributed by atoms with van der Waals surface area (Å²) in [7, 11) is 4.15. The molecule has 0 aliphatic carbocycles. The number of hydrogen-bond acceptors (Lipinski definition) is 6. The lowest BCUT2D eigenvalue weighted by Crippen LogP contribution is -1.99. The molecule has 2 aromatic rings. The zero-order valence-corrected chi connectivity index (χ0v) is 27.4. The van der Waals surface area contributed by atoms with Crippen LogP contribution in [0.15, 0.2) is 48.5 Å². The second-order valence-electron chi connectivity index (χ2n) is 11.0. The topological polar surface area (TPSA) is 52.6 Å². The van der Waals surface area contributed by atoms with E-state index in [4.69, 9.17) is 9.47 Å². The molecular formula is C36H54O4S2. The molecule has 0 N–H and O–H groups in total. The number of carbonyl (C=O) groups excluding carboxylic acids is 2. The van der Waals surface area contributed by atoms with E-state index < -0.39 is 0 Å². The van der Waals surface area contributed by atoms with E-state index in [0.29, 0.717) is 35.8 Å². The van der Waals surface area contributed by atoms with Gasteiger partial charge in [0.1, 0.15) is 11.5 Å². The number of hydrogen-bond donors (Lipinski definition) is 0. The van der Waals surface area contributed by atoms with Gasteiger partial charge in [-0.25, -0.2) is 0 Å². The van der Waals surface area contributed by atoms with Crippen molar-refractivity contribution in [3.63, 3.8) is 0 Å². The lowest BCUT2D eigenvalue weighted by atomic mass is 10.1. The van der Waals surface area contributed by atoms with Crippen LogP contribution in [-0.4, -0.2) is 37.3 Å². The Bertz CT molecular complexity index is 861. The molecule has 4 nitrogen and oxygen atoms in total. The molecule has 2 aromatic carbocycles. The highest BCUT2D eigenvalue weighted by molar-refractivity contribution is 8.76. The molecule has 0 radical (unpaired) electrons. The smallest absolute Gasteiger partial charge is 0.153 e. The van der Waals surface area contributed by atoms with Gasteiger partial charge < -0.3 is 9.47 Å². The summed E-state index contributed by atoms with van der Waals surface area (Å²) in [6.07, 6.45) is 25.1. The first-order valence-electron chi connectivity index (χ1n) is 16.4. The Morgan fingerprint density at radius 1 is 0.429 bits per heavy atom. The maximum absolute atomic E-state index is 11.0. The molecule has 0 saturated carbocycles. The highest BCUT2D eigenvalue weighted by Crippen LogP contribution is 2.25. The zero-order valence-electron chi connectivity index (χ0n) is 25.8. The van der Waals surface area contributed by atoms with E-state index in [1.54, 1.807) is 12.1 Å². The summed E-state index contributed by atoms with van der Waals surface area (Å²) < 4.78 is 11.5. The zero-order chi connectivity index (χ0) is 29.8. The lowest BCUT2D eigenvalue weighted by Gasteiger charge is -2.08. The van der Waals surface area contributed by atoms with Crippen molar-refractivity contribution in [3.05, 3.63) is 59.7 Å². The standard InChI is InChI=1S/C36H54O4S2/c37-31-33-23-15-17-25-35(33)39-27-19-11-7-3-1-5-9-13-21-29-41-42-30-22-14-10-6-2-4-8-12-20-28-40-36-26-18-16-24-34(36)32-38/h15-18,23-26,31-32H,1-14,19-22,27-30H2. The Morgan fingerprint density at radius 3 is 1.10 bits per heavy atom. The van der Waals surface area contributed by atoms with E-state index in [1.165, 1.54) is 114 Å². The summed E-state index contributed by atoms with van der Waals surface area (Å²) in [6, 6.07) is 14.9. The van der Waals surface area contributed by atoms with Gasteiger partial charge in [0.2, 0.25) is 0 Å². The van der Waals surface area contributed by atoms with Gasteiger partial charge in [-0.1, -0.05) is 136 Å². The lowest BCUT2D eigenvalue weighted by molar-refractivity contribution is 0.111. The van der Waals surface area contributed by atoms with Crippen molar-refractivity contribution < 1.29 is 19.1 Å². The predicted molar refractivity (Wildman–Crippen MR) is 183 cm³/mol. The van der Waals surface area contributed by atoms with E-state index in [-0.39, 0.29) is 0 Å². The van der Waals surface area contributed by atoms with Crippen LogP contribution in [0.4, 0.5) is 0 Å². The van der Waals surface area contributed by atoms with Crippen LogP contribution in [0.25, 0.3) is 0 Å². The van der Waals surface area contributed by atoms with E-state index in [9.17, 15) is 9.59 Å². The minimum absolute atomic E-state index is 0.638. The van der Waals surface area contributed by atoms with Crippen molar-refractivity contribution in [1.29, 1.82) is 0 Å². The van der Waals surface area contributed by atoms with Gasteiger partial charge in [0.25, 0.3) is 0 Å². The molecule has 0 aromatic heterocycles. The van der Waals surface area contributed by atoms with Crippen LogP contribution in [0.3, 0.4) is 0 Å². The van der Waals surface area contributed by atoms with Crippen LogP contribution in [0.1, 0.15) is 136 Å². The Labute approximate surface area is 263 Å². The number of ether oxygens (including phenoxy) is 2. The van der Waals surface area contributed by atoms with Crippen LogP contribution in [0.5, 0.6) is 11.5 Å². The maximum atomic E-state index is 11.0. The van der Waals surface area contributed by atoms with Gasteiger partial charge in [-0.2, -0.15) is 0 Å². The van der Waals surface area contributed by atoms with Gasteiger partial charge in [-0.05, 0) is 49.9 Å². The molecule has 0 saturated heterocycles. The van der Waals surface area contributed by atoms with Gasteiger partial charge in [0.05, 0.1) is 24.3 Å². The number of unbranched alkanes of at least 4 members (excludes halogenated alkanes) is 16. The molecule has 0 aliphatic rings. The molecule has 2 rings (SSSR count). The number of rotatable bonds is 29. The van der Waals surface area contributed by atoms with Crippen molar-refractivity contribution in [1.82, 2.24) is 0 Å². The molecule has 0 amide bonds. The number of para-hydroxylation sites is 2. The van der Waals surface area contributed by atoms with Crippen molar-refractivity contribution in [2.75, 3.05) is 24.7 Å². The fourth-order valence-corrected chi connectivity index (χ4v) is 7.20. The molecule has 0 heterocycles. The highest BCUT2D eigenvalue weighted by Gasteiger charge is 2.02. The molecule has 0 bridgehead atoms. The average Bonchev–Trinajstić information content (AvgIpc) is 3.03. The summed E-state index contributed by atoms with van der Waals surface area (Å²) in [5.41, 5.74) is 1.28. The van der Waals surface area contributed by atoms with E-state index in [0.717, 1.165) is 25.4 Å². The molecule has 0 fully saturated rings. The molecule has 234 valence electrons. The molecule has 42 heavy (non-hydrogen) atoms. The molecular weight excluding hydrogens is 561 g/mol. The Hall–Kier alpha value is -1.92. The quantitative estimate of drug-likeness (QED) is 0.0516. The van der Waals surface area contributed by atoms with Crippen molar-refractivity contribution in [3.8, 4) is 11.5 Å². The number of carbonyl (C=O) groups is 2. The van der Waals surface area contributed by atoms with Crippen molar-refractivity contribution in [2.45, 2.75) is 116 Å². The first-order chi connectivity index (χ1) is 20.8. The first kappa shape index (κ1) is 36.3. The highest BCUT2D eigenvalue weighted by atomic mass is 33.1. The normalized spacial score (nSPS) is 11.0. The van der Waals surface area contributed by atoms with Crippen LogP contribution >= 0.6 is 21.6 Å². The molecule has 0 aliphatic heterocycles. The predicted octanol–water partition coefficient (Wildman–Crippen LogP) is 11.2. The summed E-state index contributed by atoms with van der Waals surface area (Å²) >= 11 is 0. The SMILES string of the molecule is O=Cc1ccccc1OCCCCCCCCCCCSSCCCCCCCCCCCOc1ccccc1C=O. The molecule has 0 spiro atoms. The second kappa shape index (κ2) is 26.7. The minimum Gasteiger partial charge on any atom is -0.493 e. The molecule has 0 atom stereocenters. The third-order valence-electron chi connectivity index (χ3n) is 7.43. The largest absolute Gasteiger partial charge is 0.493 e. The Balaban J connectivity index is 1.21. The van der Waals surface area contributed by atoms with Gasteiger partial charge in [0, 0.05) is 11.5 Å². The molecule has 0 unspecified atom stereocenters. The third-order valence-corrected chi connectivity index (χ3v) is 10.0. The summed E-state index contributed by atoms with van der Waals surface area (Å²) in [6.45, 7) is 1.39. The van der Waals surface area contributed by atoms with Gasteiger partial charge in [-0.3, -0.25) is 9.59 Å². The van der Waals surface area contributed by atoms with E-state index in [2.05, 4.69) is 21.6 Å². The van der Waals surface area contributed by atoms with Gasteiger partial charge in [0.15, 0.2) is 12.6 Å². The van der Waals surface area contributed by atoms with Gasteiger partial charge >= 0.3 is 0 Å². The van der Waals surface area contributed by atoms with E-state index in [1.807, 2.05) is 36.4 Å². The third kappa shape index (κ3) is 18.6. The fraction of sp³-hybridized carbons (Fsp3) is 0.611. The fourth-order valence-electron chi connectivity index (χ4n) is 4.90. The minimum atomic E-state index is 0.638. The van der Waals surface area contributed by atoms with Crippen LogP contribution in [0.2, 0.25) is 0 Å². The van der Waals surface area contributed by atoms with Crippen LogP contribution in [0, 0.1) is 0 Å². The number of benzene rings is 2. The van der Waals surface area contributed by atoms with Crippen molar-refractivity contribution in [2.24, 2.45) is 0 Å². The summed E-state index contributed by atoms with van der Waals surface area (Å²) in [5.74, 6) is 4.01. The Kier molecular flexibility index (Phi) is 23.0. The number of aldehydes is 2. The first-order valence-corrected chi connectivity index (χ1v) is 18.9. The maximum Gasteiger partial charge on any atom is 0.153 e. The second-order valence-corrected chi connectivity index (χ2v) is 13.7. The summed E-state index contributed by atoms with van der Waals surface area (Å²) in [4.78, 5) is 22.0. The monoisotopic (exact) mass is 614 g/mol. The van der Waals surface area contributed by atoms with Crippen LogP contribution < -0.4 is 9.47 Å². The average molecular weight is 615 g/mol.